The molecule has 0 saturated carbocycles. The Balaban J connectivity index is 5.30. The van der Waals surface area contributed by atoms with Crippen LogP contribution in [0.5, 0.6) is 0 Å². The highest BCUT2D eigenvalue weighted by Gasteiger charge is 2.30. The zero-order valence-electron chi connectivity index (χ0n) is 23.9. The highest BCUT2D eigenvalue weighted by Crippen LogP contribution is 2.22. The van der Waals surface area contributed by atoms with Gasteiger partial charge in [0, 0.05) is 29.9 Å². The smallest absolute Gasteiger partial charge is 0.328 e. The van der Waals surface area contributed by atoms with E-state index < -0.39 is 47.9 Å². The fraction of sp³-hybridized carbons (Fsp3) is 0.815. The van der Waals surface area contributed by atoms with E-state index in [4.69, 9.17) is 5.11 Å². The number of aliphatic carboxylic acids is 2. The molecule has 0 rings (SSSR count). The molecule has 10 nitrogen and oxygen atoms in total. The molecular formula is C27H48N2O8S. The van der Waals surface area contributed by atoms with Crippen LogP contribution >= 0.6 is 11.8 Å². The average molecular weight is 561 g/mol. The van der Waals surface area contributed by atoms with Gasteiger partial charge in [-0.25, -0.2) is 4.79 Å². The summed E-state index contributed by atoms with van der Waals surface area (Å²) >= 11 is 1.42. The molecule has 0 aliphatic heterocycles. The third-order valence-corrected chi connectivity index (χ3v) is 7.22. The second-order valence-corrected chi connectivity index (χ2v) is 12.3. The van der Waals surface area contributed by atoms with Crippen LogP contribution in [0.3, 0.4) is 0 Å². The normalized spacial score (nSPS) is 15.6. The third kappa shape index (κ3) is 14.7. The predicted octanol–water partition coefficient (Wildman–Crippen LogP) is 2.96. The number of Topliss-reactive ketones (excluding diaryl/α,β-unsaturated/α-hetero) is 1. The molecule has 0 saturated heterocycles. The molecule has 0 aromatic carbocycles. The van der Waals surface area contributed by atoms with Crippen LogP contribution in [0.1, 0.15) is 80.6 Å². The highest BCUT2D eigenvalue weighted by atomic mass is 32.2. The van der Waals surface area contributed by atoms with Crippen molar-refractivity contribution in [2.45, 2.75) is 98.8 Å². The SMILES string of the molecule is CC(C)C[C@@H](CCC(=O)O)C(=O)N[C@@H](CSCC[C@H](CC(C)C)C(=O)N[C@H](C(=O)O)[C@@H](C)O)C(=O)C(C)C. The Morgan fingerprint density at radius 2 is 1.26 bits per heavy atom. The maximum absolute atomic E-state index is 13.0. The van der Waals surface area contributed by atoms with E-state index in [2.05, 4.69) is 10.6 Å². The lowest BCUT2D eigenvalue weighted by molar-refractivity contribution is -0.145. The van der Waals surface area contributed by atoms with Gasteiger partial charge in [0.25, 0.3) is 0 Å². The maximum Gasteiger partial charge on any atom is 0.328 e. The summed E-state index contributed by atoms with van der Waals surface area (Å²) in [6, 6.07) is -2.14. The Bertz CT molecular complexity index is 785. The molecule has 5 N–H and O–H groups in total. The number of thioether (sulfide) groups is 1. The number of nitrogens with one attached hydrogen (secondary N) is 2. The summed E-state index contributed by atoms with van der Waals surface area (Å²) in [4.78, 5) is 61.1. The van der Waals surface area contributed by atoms with Crippen molar-refractivity contribution < 1.29 is 39.3 Å². The largest absolute Gasteiger partial charge is 0.481 e. The van der Waals surface area contributed by atoms with E-state index in [-0.39, 0.29) is 42.3 Å². The van der Waals surface area contributed by atoms with Gasteiger partial charge in [0.2, 0.25) is 11.8 Å². The molecule has 0 heterocycles. The summed E-state index contributed by atoms with van der Waals surface area (Å²) in [5.41, 5.74) is 0. The number of carbonyl (C=O) groups excluding carboxylic acids is 3. The Morgan fingerprint density at radius 1 is 0.763 bits per heavy atom. The number of hydrogen-bond acceptors (Lipinski definition) is 7. The van der Waals surface area contributed by atoms with Gasteiger partial charge in [-0.3, -0.25) is 19.2 Å². The minimum atomic E-state index is -1.40. The summed E-state index contributed by atoms with van der Waals surface area (Å²) in [7, 11) is 0. The number of aliphatic hydroxyl groups is 1. The van der Waals surface area contributed by atoms with Crippen LogP contribution in [-0.4, -0.2) is 74.5 Å². The van der Waals surface area contributed by atoms with E-state index in [0.29, 0.717) is 30.8 Å². The minimum Gasteiger partial charge on any atom is -0.481 e. The van der Waals surface area contributed by atoms with Crippen LogP contribution in [0.4, 0.5) is 0 Å². The molecule has 0 aromatic rings. The van der Waals surface area contributed by atoms with Crippen LogP contribution in [-0.2, 0) is 24.0 Å². The molecule has 38 heavy (non-hydrogen) atoms. The molecule has 0 spiro atoms. The number of amides is 2. The molecule has 220 valence electrons. The summed E-state index contributed by atoms with van der Waals surface area (Å²) in [5.74, 6) is -3.27. The van der Waals surface area contributed by atoms with Gasteiger partial charge in [0.15, 0.2) is 11.8 Å². The van der Waals surface area contributed by atoms with Crippen molar-refractivity contribution in [2.24, 2.45) is 29.6 Å². The van der Waals surface area contributed by atoms with Crippen molar-refractivity contribution in [3.05, 3.63) is 0 Å². The van der Waals surface area contributed by atoms with Crippen molar-refractivity contribution >= 4 is 41.3 Å². The highest BCUT2D eigenvalue weighted by molar-refractivity contribution is 7.99. The number of rotatable bonds is 20. The quantitative estimate of drug-likeness (QED) is 0.140. The Hall–Kier alpha value is -2.14. The zero-order chi connectivity index (χ0) is 29.6. The molecule has 0 unspecified atom stereocenters. The van der Waals surface area contributed by atoms with Crippen LogP contribution in [0.15, 0.2) is 0 Å². The molecule has 11 heteroatoms. The van der Waals surface area contributed by atoms with Gasteiger partial charge in [0.1, 0.15) is 0 Å². The van der Waals surface area contributed by atoms with Gasteiger partial charge in [-0.1, -0.05) is 41.5 Å². The maximum atomic E-state index is 13.0. The third-order valence-electron chi connectivity index (χ3n) is 6.13. The molecule has 0 bridgehead atoms. The predicted molar refractivity (Wildman–Crippen MR) is 148 cm³/mol. The molecule has 2 amide bonds. The number of carboxylic acid groups (broad SMARTS) is 2. The first-order valence-corrected chi connectivity index (χ1v) is 14.6. The van der Waals surface area contributed by atoms with Gasteiger partial charge in [-0.2, -0.15) is 11.8 Å². The molecule has 0 radical (unpaired) electrons. The number of ketones is 1. The van der Waals surface area contributed by atoms with Gasteiger partial charge < -0.3 is 26.0 Å². The van der Waals surface area contributed by atoms with Crippen molar-refractivity contribution in [3.63, 3.8) is 0 Å². The second kappa shape index (κ2) is 18.2. The summed E-state index contributed by atoms with van der Waals surface area (Å²) in [5, 5.41) is 33.3. The molecule has 0 aromatic heterocycles. The number of hydrogen-bond donors (Lipinski definition) is 5. The Kier molecular flexibility index (Phi) is 17.2. The fourth-order valence-corrected chi connectivity index (χ4v) is 5.22. The number of aliphatic hydroxyl groups excluding tert-OH is 1. The van der Waals surface area contributed by atoms with E-state index in [0.717, 1.165) is 0 Å². The molecule has 0 aliphatic carbocycles. The standard InChI is InChI=1S/C27H48N2O8S/c1-15(2)12-19(8-9-22(31)32)25(34)28-21(24(33)17(5)6)14-38-11-10-20(13-16(3)4)26(35)29-23(18(7)30)27(36)37/h15-21,23,30H,8-14H2,1-7H3,(H,28,34)(H,29,35)(H,31,32)(H,36,37)/t18-,19-,20-,21+,23+/m1/s1. The average Bonchev–Trinajstić information content (AvgIpc) is 2.79. The Labute approximate surface area is 231 Å². The van der Waals surface area contributed by atoms with Crippen molar-refractivity contribution in [2.75, 3.05) is 11.5 Å². The monoisotopic (exact) mass is 560 g/mol. The summed E-state index contributed by atoms with van der Waals surface area (Å²) < 4.78 is 0. The van der Waals surface area contributed by atoms with E-state index in [9.17, 15) is 34.2 Å². The first kappa shape index (κ1) is 35.9. The van der Waals surface area contributed by atoms with Crippen molar-refractivity contribution in [1.29, 1.82) is 0 Å². The van der Waals surface area contributed by atoms with Gasteiger partial charge in [-0.05, 0) is 50.2 Å². The first-order chi connectivity index (χ1) is 17.6. The zero-order valence-corrected chi connectivity index (χ0v) is 24.7. The van der Waals surface area contributed by atoms with Gasteiger partial charge in [0.05, 0.1) is 12.1 Å². The summed E-state index contributed by atoms with van der Waals surface area (Å²) in [6.45, 7) is 12.6. The van der Waals surface area contributed by atoms with Gasteiger partial charge in [-0.15, -0.1) is 0 Å². The number of carbonyl (C=O) groups is 5. The van der Waals surface area contributed by atoms with Crippen molar-refractivity contribution in [3.8, 4) is 0 Å². The van der Waals surface area contributed by atoms with E-state index >= 15 is 0 Å². The lowest BCUT2D eigenvalue weighted by Gasteiger charge is -2.25. The van der Waals surface area contributed by atoms with E-state index in [1.165, 1.54) is 18.7 Å². The molecule has 5 atom stereocenters. The first-order valence-electron chi connectivity index (χ1n) is 13.4. The van der Waals surface area contributed by atoms with Crippen LogP contribution in [0.2, 0.25) is 0 Å². The second-order valence-electron chi connectivity index (χ2n) is 11.1. The van der Waals surface area contributed by atoms with Crippen LogP contribution in [0.25, 0.3) is 0 Å². The molecule has 0 aliphatic rings. The van der Waals surface area contributed by atoms with Gasteiger partial charge >= 0.3 is 11.9 Å². The Morgan fingerprint density at radius 3 is 1.68 bits per heavy atom. The topological polar surface area (TPSA) is 170 Å². The molecule has 0 fully saturated rings. The number of carboxylic acids is 2. The van der Waals surface area contributed by atoms with E-state index in [1.807, 2.05) is 27.7 Å². The minimum absolute atomic E-state index is 0.120. The lowest BCUT2D eigenvalue weighted by atomic mass is 9.91. The fourth-order valence-electron chi connectivity index (χ4n) is 4.12. The lowest BCUT2D eigenvalue weighted by Crippen LogP contribution is -2.49. The van der Waals surface area contributed by atoms with Crippen LogP contribution < -0.4 is 10.6 Å². The summed E-state index contributed by atoms with van der Waals surface area (Å²) in [6.07, 6.45) is 0.317. The van der Waals surface area contributed by atoms with Crippen LogP contribution in [0, 0.1) is 29.6 Å². The van der Waals surface area contributed by atoms with Crippen molar-refractivity contribution in [1.82, 2.24) is 10.6 Å². The molecular weight excluding hydrogens is 512 g/mol. The van der Waals surface area contributed by atoms with E-state index in [1.54, 1.807) is 13.8 Å².